The summed E-state index contributed by atoms with van der Waals surface area (Å²) in [6.07, 6.45) is -1.20. The van der Waals surface area contributed by atoms with Crippen molar-refractivity contribution in [3.8, 4) is 11.1 Å². The summed E-state index contributed by atoms with van der Waals surface area (Å²) < 4.78 is 36.7. The van der Waals surface area contributed by atoms with Gasteiger partial charge in [0.15, 0.2) is 0 Å². The molecule has 0 spiro atoms. The Labute approximate surface area is 126 Å². The minimum absolute atomic E-state index is 0.0392. The molecule has 0 unspecified atom stereocenters. The maximum atomic E-state index is 12.0. The molecular weight excluding hydrogens is 321 g/mol. The van der Waals surface area contributed by atoms with Crippen molar-refractivity contribution in [3.63, 3.8) is 0 Å². The highest BCUT2D eigenvalue weighted by Gasteiger charge is 2.28. The Hall–Kier alpha value is -3.18. The normalized spacial score (nSPS) is 11.3. The molecule has 23 heavy (non-hydrogen) atoms. The van der Waals surface area contributed by atoms with E-state index < -0.39 is 29.4 Å². The van der Waals surface area contributed by atoms with E-state index in [1.165, 1.54) is 12.3 Å². The van der Waals surface area contributed by atoms with Gasteiger partial charge in [0.2, 0.25) is 5.82 Å². The Bertz CT molecular complexity index is 758. The molecule has 2 aromatic heterocycles. The Morgan fingerprint density at radius 1 is 1.48 bits per heavy atom. The van der Waals surface area contributed by atoms with E-state index in [9.17, 15) is 28.1 Å². The second-order valence-electron chi connectivity index (χ2n) is 4.30. The Kier molecular flexibility index (Phi) is 4.16. The number of hydrogen-bond acceptors (Lipinski definition) is 6. The van der Waals surface area contributed by atoms with E-state index in [1.54, 1.807) is 5.32 Å². The van der Waals surface area contributed by atoms with Crippen LogP contribution < -0.4 is 11.1 Å². The number of pyridine rings is 1. The lowest BCUT2D eigenvalue weighted by Gasteiger charge is -2.07. The molecule has 0 aliphatic carbocycles. The molecule has 1 amide bonds. The lowest BCUT2D eigenvalue weighted by atomic mass is 10.1. The predicted octanol–water partition coefficient (Wildman–Crippen LogP) is 1.56. The lowest BCUT2D eigenvalue weighted by Crippen LogP contribution is -2.36. The van der Waals surface area contributed by atoms with Crippen molar-refractivity contribution in [2.24, 2.45) is 0 Å². The maximum absolute atomic E-state index is 12.0. The first kappa shape index (κ1) is 16.2. The molecule has 9 nitrogen and oxygen atoms in total. The van der Waals surface area contributed by atoms with Gasteiger partial charge in [-0.25, -0.2) is 9.78 Å². The average Bonchev–Trinajstić information content (AvgIpc) is 2.93. The van der Waals surface area contributed by atoms with Crippen LogP contribution in [0.25, 0.3) is 11.1 Å². The number of nitrogens with two attached hydrogens (primary N) is 1. The van der Waals surface area contributed by atoms with E-state index in [2.05, 4.69) is 10.1 Å². The number of aromatic nitrogens is 3. The molecule has 0 fully saturated rings. The third-order valence-corrected chi connectivity index (χ3v) is 2.68. The average molecular weight is 330 g/mol. The highest BCUT2D eigenvalue weighted by Crippen LogP contribution is 2.32. The molecule has 2 heterocycles. The topological polar surface area (TPSA) is 129 Å². The first-order chi connectivity index (χ1) is 10.7. The van der Waals surface area contributed by atoms with Crippen molar-refractivity contribution in [3.05, 3.63) is 34.8 Å². The number of hydrogen-bond donors (Lipinski definition) is 2. The van der Waals surface area contributed by atoms with Gasteiger partial charge in [-0.15, -0.1) is 0 Å². The predicted molar refractivity (Wildman–Crippen MR) is 71.4 cm³/mol. The third kappa shape index (κ3) is 3.72. The molecule has 12 heteroatoms. The Morgan fingerprint density at radius 3 is 2.78 bits per heavy atom. The fourth-order valence-corrected chi connectivity index (χ4v) is 1.72. The van der Waals surface area contributed by atoms with Crippen molar-refractivity contribution >= 4 is 17.5 Å². The minimum Gasteiger partial charge on any atom is -0.378 e. The van der Waals surface area contributed by atoms with Crippen LogP contribution in [0.1, 0.15) is 0 Å². The van der Waals surface area contributed by atoms with Crippen LogP contribution in [0.3, 0.4) is 0 Å². The third-order valence-electron chi connectivity index (χ3n) is 2.68. The fourth-order valence-electron chi connectivity index (χ4n) is 1.72. The Morgan fingerprint density at radius 2 is 2.17 bits per heavy atom. The molecule has 2 aromatic rings. The lowest BCUT2D eigenvalue weighted by molar-refractivity contribution is -0.383. The quantitative estimate of drug-likeness (QED) is 0.649. The second kappa shape index (κ2) is 5.90. The van der Waals surface area contributed by atoms with Crippen molar-refractivity contribution in [1.29, 1.82) is 0 Å². The van der Waals surface area contributed by atoms with E-state index in [1.807, 2.05) is 0 Å². The van der Waals surface area contributed by atoms with E-state index in [0.29, 0.717) is 4.68 Å². The van der Waals surface area contributed by atoms with Gasteiger partial charge in [-0.3, -0.25) is 10.1 Å². The number of carbonyl (C=O) groups excluding carboxylic acids is 1. The number of nitro groups is 1. The van der Waals surface area contributed by atoms with Gasteiger partial charge < -0.3 is 11.1 Å². The highest BCUT2D eigenvalue weighted by atomic mass is 19.4. The van der Waals surface area contributed by atoms with Gasteiger partial charge in [-0.1, -0.05) is 0 Å². The number of rotatable bonds is 3. The van der Waals surface area contributed by atoms with Crippen molar-refractivity contribution in [2.45, 2.75) is 6.18 Å². The summed E-state index contributed by atoms with van der Waals surface area (Å²) >= 11 is 0. The number of amides is 1. The van der Waals surface area contributed by atoms with Crippen LogP contribution in [0.15, 0.2) is 24.7 Å². The van der Waals surface area contributed by atoms with E-state index >= 15 is 0 Å². The van der Waals surface area contributed by atoms with Crippen LogP contribution in [-0.4, -0.2) is 38.4 Å². The standard InChI is InChI=1S/C11H9F3N6O3/c12-11(13,14)5-17-10(21)19-4-6(3-18-19)7-1-2-16-9(15)8(7)20(22)23/h1-4H,5H2,(H2,15,16)(H,17,21). The van der Waals surface area contributed by atoms with Gasteiger partial charge in [-0.05, 0) is 6.07 Å². The first-order valence-corrected chi connectivity index (χ1v) is 5.98. The number of nitrogens with zero attached hydrogens (tertiary/aromatic N) is 4. The smallest absolute Gasteiger partial charge is 0.378 e. The molecule has 122 valence electrons. The number of nitrogens with one attached hydrogen (secondary N) is 1. The summed E-state index contributed by atoms with van der Waals surface area (Å²) in [5, 5.41) is 16.2. The summed E-state index contributed by atoms with van der Waals surface area (Å²) in [6, 6.07) is 0.155. The largest absolute Gasteiger partial charge is 0.405 e. The number of alkyl halides is 3. The molecule has 0 aliphatic heterocycles. The van der Waals surface area contributed by atoms with Crippen molar-refractivity contribution in [1.82, 2.24) is 20.1 Å². The van der Waals surface area contributed by atoms with Crippen LogP contribution in [-0.2, 0) is 0 Å². The molecule has 3 N–H and O–H groups in total. The monoisotopic (exact) mass is 330 g/mol. The fraction of sp³-hybridized carbons (Fsp3) is 0.182. The van der Waals surface area contributed by atoms with Gasteiger partial charge in [-0.2, -0.15) is 23.0 Å². The minimum atomic E-state index is -4.57. The molecule has 0 aromatic carbocycles. The van der Waals surface area contributed by atoms with Crippen LogP contribution >= 0.6 is 0 Å². The number of halogens is 3. The van der Waals surface area contributed by atoms with E-state index in [-0.39, 0.29) is 16.9 Å². The molecule has 2 rings (SSSR count). The molecule has 0 saturated heterocycles. The molecule has 0 saturated carbocycles. The summed E-state index contributed by atoms with van der Waals surface area (Å²) in [7, 11) is 0. The zero-order valence-electron chi connectivity index (χ0n) is 11.2. The van der Waals surface area contributed by atoms with Gasteiger partial charge in [0.1, 0.15) is 6.54 Å². The number of carbonyl (C=O) groups is 1. The van der Waals surface area contributed by atoms with Gasteiger partial charge in [0.05, 0.1) is 16.7 Å². The summed E-state index contributed by atoms with van der Waals surface area (Å²) in [5.74, 6) is -0.332. The van der Waals surface area contributed by atoms with Crippen LogP contribution in [0, 0.1) is 10.1 Å². The van der Waals surface area contributed by atoms with E-state index in [0.717, 1.165) is 12.4 Å². The number of anilines is 1. The molecular formula is C11H9F3N6O3. The van der Waals surface area contributed by atoms with Gasteiger partial charge >= 0.3 is 17.9 Å². The first-order valence-electron chi connectivity index (χ1n) is 5.98. The maximum Gasteiger partial charge on any atom is 0.405 e. The summed E-state index contributed by atoms with van der Waals surface area (Å²) in [6.45, 7) is -1.52. The Balaban J connectivity index is 2.28. The molecule has 0 aliphatic rings. The SMILES string of the molecule is Nc1nccc(-c2cnn(C(=O)NCC(F)(F)F)c2)c1[N+](=O)[O-]. The van der Waals surface area contributed by atoms with Crippen LogP contribution in [0.2, 0.25) is 0 Å². The second-order valence-corrected chi connectivity index (χ2v) is 4.30. The van der Waals surface area contributed by atoms with Crippen LogP contribution in [0.4, 0.5) is 29.5 Å². The molecule has 0 atom stereocenters. The molecule has 0 bridgehead atoms. The van der Waals surface area contributed by atoms with Crippen molar-refractivity contribution < 1.29 is 22.9 Å². The van der Waals surface area contributed by atoms with Gasteiger partial charge in [0, 0.05) is 18.0 Å². The molecule has 0 radical (unpaired) electrons. The van der Waals surface area contributed by atoms with Crippen molar-refractivity contribution in [2.75, 3.05) is 12.3 Å². The number of nitrogen functional groups attached to an aromatic ring is 1. The van der Waals surface area contributed by atoms with E-state index in [4.69, 9.17) is 5.73 Å². The highest BCUT2D eigenvalue weighted by molar-refractivity contribution is 5.81. The summed E-state index contributed by atoms with van der Waals surface area (Å²) in [4.78, 5) is 25.4. The summed E-state index contributed by atoms with van der Waals surface area (Å²) in [5.41, 5.74) is 5.13. The van der Waals surface area contributed by atoms with Crippen LogP contribution in [0.5, 0.6) is 0 Å². The zero-order valence-corrected chi connectivity index (χ0v) is 11.2. The zero-order chi connectivity index (χ0) is 17.2. The van der Waals surface area contributed by atoms with Gasteiger partial charge in [0.25, 0.3) is 0 Å².